The van der Waals surface area contributed by atoms with E-state index in [1.165, 1.54) is 18.2 Å². The summed E-state index contributed by atoms with van der Waals surface area (Å²) < 4.78 is 15.5. The van der Waals surface area contributed by atoms with E-state index >= 15 is 0 Å². The lowest BCUT2D eigenvalue weighted by atomic mass is 10.2. The van der Waals surface area contributed by atoms with Crippen molar-refractivity contribution >= 4 is 11.8 Å². The highest BCUT2D eigenvalue weighted by Gasteiger charge is 2.18. The first kappa shape index (κ1) is 17.3. The predicted octanol–water partition coefficient (Wildman–Crippen LogP) is 2.70. The topological polar surface area (TPSA) is 76.0 Å². The fourth-order valence-corrected chi connectivity index (χ4v) is 2.77. The molecule has 0 aliphatic heterocycles. The lowest BCUT2D eigenvalue weighted by Gasteiger charge is -2.10. The maximum absolute atomic E-state index is 13.6. The highest BCUT2D eigenvalue weighted by molar-refractivity contribution is 6.00. The number of carbonyl (C=O) groups excluding carboxylic acids is 2. The standard InChI is InChI=1S/C19H17FN4O2/c1-12-10-16(13(2)24(12)14-6-5-9-21-11-14)19(26)23-22-18(25)15-7-3-4-8-17(15)20/h3-11H,1-2H3,(H,22,25)(H,23,26). The lowest BCUT2D eigenvalue weighted by Crippen LogP contribution is -2.42. The molecule has 0 bridgehead atoms. The van der Waals surface area contributed by atoms with Crippen molar-refractivity contribution in [3.05, 3.63) is 83.2 Å². The number of benzene rings is 1. The molecule has 0 aliphatic carbocycles. The van der Waals surface area contributed by atoms with Gasteiger partial charge in [-0.25, -0.2) is 4.39 Å². The van der Waals surface area contributed by atoms with Gasteiger partial charge in [0.1, 0.15) is 5.82 Å². The Morgan fingerprint density at radius 3 is 2.35 bits per heavy atom. The van der Waals surface area contributed by atoms with Crippen LogP contribution in [0.3, 0.4) is 0 Å². The van der Waals surface area contributed by atoms with E-state index in [4.69, 9.17) is 0 Å². The van der Waals surface area contributed by atoms with Gasteiger partial charge in [-0.15, -0.1) is 0 Å². The zero-order valence-corrected chi connectivity index (χ0v) is 14.3. The van der Waals surface area contributed by atoms with Gasteiger partial charge in [-0.1, -0.05) is 12.1 Å². The summed E-state index contributed by atoms with van der Waals surface area (Å²) in [5.74, 6) is -1.87. The van der Waals surface area contributed by atoms with Crippen LogP contribution in [0.1, 0.15) is 32.1 Å². The van der Waals surface area contributed by atoms with Crippen molar-refractivity contribution in [2.45, 2.75) is 13.8 Å². The molecule has 132 valence electrons. The average molecular weight is 352 g/mol. The van der Waals surface area contributed by atoms with Crippen molar-refractivity contribution in [2.24, 2.45) is 0 Å². The van der Waals surface area contributed by atoms with Crippen molar-refractivity contribution in [3.63, 3.8) is 0 Å². The predicted molar refractivity (Wildman–Crippen MR) is 94.4 cm³/mol. The number of rotatable bonds is 3. The Morgan fingerprint density at radius 1 is 1.00 bits per heavy atom. The van der Waals surface area contributed by atoms with E-state index in [1.807, 2.05) is 23.6 Å². The van der Waals surface area contributed by atoms with Gasteiger partial charge in [0.2, 0.25) is 0 Å². The number of nitrogens with one attached hydrogen (secondary N) is 2. The zero-order chi connectivity index (χ0) is 18.7. The van der Waals surface area contributed by atoms with Crippen LogP contribution in [0.5, 0.6) is 0 Å². The molecule has 7 heteroatoms. The molecule has 6 nitrogen and oxygen atoms in total. The van der Waals surface area contributed by atoms with E-state index in [1.54, 1.807) is 31.5 Å². The van der Waals surface area contributed by atoms with E-state index in [-0.39, 0.29) is 5.56 Å². The van der Waals surface area contributed by atoms with Gasteiger partial charge in [-0.2, -0.15) is 0 Å². The highest BCUT2D eigenvalue weighted by Crippen LogP contribution is 2.20. The maximum Gasteiger partial charge on any atom is 0.272 e. The molecule has 3 aromatic rings. The van der Waals surface area contributed by atoms with Gasteiger partial charge in [0.05, 0.1) is 23.0 Å². The number of hydrogen-bond donors (Lipinski definition) is 2. The molecule has 0 fully saturated rings. The molecular formula is C19H17FN4O2. The fourth-order valence-electron chi connectivity index (χ4n) is 2.77. The third kappa shape index (κ3) is 3.32. The monoisotopic (exact) mass is 352 g/mol. The summed E-state index contributed by atoms with van der Waals surface area (Å²) in [6, 6.07) is 11.0. The Morgan fingerprint density at radius 2 is 1.69 bits per heavy atom. The lowest BCUT2D eigenvalue weighted by molar-refractivity contribution is 0.0844. The molecule has 2 aromatic heterocycles. The van der Waals surface area contributed by atoms with E-state index < -0.39 is 17.6 Å². The molecule has 2 heterocycles. The Kier molecular flexibility index (Phi) is 4.79. The van der Waals surface area contributed by atoms with Gasteiger partial charge in [-0.3, -0.25) is 25.4 Å². The molecule has 1 aromatic carbocycles. The molecular weight excluding hydrogens is 335 g/mol. The Hall–Kier alpha value is -3.48. The second-order valence-corrected chi connectivity index (χ2v) is 5.72. The minimum atomic E-state index is -0.725. The third-order valence-corrected chi connectivity index (χ3v) is 3.99. The molecule has 2 amide bonds. The molecule has 26 heavy (non-hydrogen) atoms. The van der Waals surface area contributed by atoms with Crippen LogP contribution < -0.4 is 10.9 Å². The van der Waals surface area contributed by atoms with Gasteiger partial charge < -0.3 is 4.57 Å². The van der Waals surface area contributed by atoms with Crippen molar-refractivity contribution in [3.8, 4) is 5.69 Å². The number of halogens is 1. The Balaban J connectivity index is 1.77. The van der Waals surface area contributed by atoms with Crippen molar-refractivity contribution < 1.29 is 14.0 Å². The van der Waals surface area contributed by atoms with Crippen LogP contribution in [-0.4, -0.2) is 21.4 Å². The van der Waals surface area contributed by atoms with Crippen LogP contribution in [0, 0.1) is 19.7 Å². The number of aromatic nitrogens is 2. The first-order chi connectivity index (χ1) is 12.5. The van der Waals surface area contributed by atoms with Crippen LogP contribution in [0.2, 0.25) is 0 Å². The van der Waals surface area contributed by atoms with Gasteiger partial charge in [0.25, 0.3) is 11.8 Å². The summed E-state index contributed by atoms with van der Waals surface area (Å²) in [5.41, 5.74) is 7.20. The van der Waals surface area contributed by atoms with Crippen LogP contribution in [0.15, 0.2) is 54.9 Å². The van der Waals surface area contributed by atoms with Gasteiger partial charge >= 0.3 is 0 Å². The largest absolute Gasteiger partial charge is 0.316 e. The van der Waals surface area contributed by atoms with Crippen LogP contribution in [0.25, 0.3) is 5.69 Å². The van der Waals surface area contributed by atoms with Crippen LogP contribution in [0.4, 0.5) is 4.39 Å². The number of nitrogens with zero attached hydrogens (tertiary/aromatic N) is 2. The van der Waals surface area contributed by atoms with Crippen molar-refractivity contribution in [1.29, 1.82) is 0 Å². The first-order valence-corrected chi connectivity index (χ1v) is 7.93. The van der Waals surface area contributed by atoms with Gasteiger partial charge in [-0.05, 0) is 44.2 Å². The molecule has 0 saturated carbocycles. The summed E-state index contributed by atoms with van der Waals surface area (Å²) in [6.45, 7) is 3.67. The molecule has 3 rings (SSSR count). The first-order valence-electron chi connectivity index (χ1n) is 7.93. The van der Waals surface area contributed by atoms with Crippen LogP contribution >= 0.6 is 0 Å². The maximum atomic E-state index is 13.6. The normalized spacial score (nSPS) is 10.4. The number of carbonyl (C=O) groups is 2. The van der Waals surface area contributed by atoms with Gasteiger partial charge in [0.15, 0.2) is 0 Å². The number of hydrogen-bond acceptors (Lipinski definition) is 3. The Labute approximate surface area is 149 Å². The molecule has 0 saturated heterocycles. The molecule has 0 aliphatic rings. The van der Waals surface area contributed by atoms with E-state index in [0.29, 0.717) is 11.3 Å². The smallest absolute Gasteiger partial charge is 0.272 e. The summed E-state index contributed by atoms with van der Waals surface area (Å²) in [5, 5.41) is 0. The molecule has 0 unspecified atom stereocenters. The van der Waals surface area contributed by atoms with Crippen molar-refractivity contribution in [1.82, 2.24) is 20.4 Å². The summed E-state index contributed by atoms with van der Waals surface area (Å²) >= 11 is 0. The summed E-state index contributed by atoms with van der Waals surface area (Å²) in [6.07, 6.45) is 3.37. The van der Waals surface area contributed by atoms with Gasteiger partial charge in [0, 0.05) is 17.6 Å². The number of aryl methyl sites for hydroxylation is 1. The van der Waals surface area contributed by atoms with E-state index in [2.05, 4.69) is 15.8 Å². The second-order valence-electron chi connectivity index (χ2n) is 5.72. The molecule has 0 spiro atoms. The zero-order valence-electron chi connectivity index (χ0n) is 14.3. The number of pyridine rings is 1. The second kappa shape index (κ2) is 7.18. The summed E-state index contributed by atoms with van der Waals surface area (Å²) in [7, 11) is 0. The van der Waals surface area contributed by atoms with E-state index in [0.717, 1.165) is 11.4 Å². The minimum absolute atomic E-state index is 0.145. The SMILES string of the molecule is Cc1cc(C(=O)NNC(=O)c2ccccc2F)c(C)n1-c1cccnc1. The number of amides is 2. The fraction of sp³-hybridized carbons (Fsp3) is 0.105. The quantitative estimate of drug-likeness (QED) is 0.712. The van der Waals surface area contributed by atoms with E-state index in [9.17, 15) is 14.0 Å². The third-order valence-electron chi connectivity index (χ3n) is 3.99. The summed E-state index contributed by atoms with van der Waals surface area (Å²) in [4.78, 5) is 28.5. The average Bonchev–Trinajstić information content (AvgIpc) is 2.95. The molecule has 0 radical (unpaired) electrons. The highest BCUT2D eigenvalue weighted by atomic mass is 19.1. The molecule has 2 N–H and O–H groups in total. The van der Waals surface area contributed by atoms with Crippen LogP contribution in [-0.2, 0) is 0 Å². The Bertz CT molecular complexity index is 967. The molecule has 0 atom stereocenters. The minimum Gasteiger partial charge on any atom is -0.316 e. The van der Waals surface area contributed by atoms with Crippen molar-refractivity contribution in [2.75, 3.05) is 0 Å². The number of hydrazine groups is 1.